The molecular formula is C20H22O. The fourth-order valence-corrected chi connectivity index (χ4v) is 2.28. The van der Waals surface area contributed by atoms with E-state index in [0.717, 1.165) is 25.0 Å². The molecule has 0 N–H and O–H groups in total. The number of hydrogen-bond donors (Lipinski definition) is 0. The summed E-state index contributed by atoms with van der Waals surface area (Å²) < 4.78 is 5.88. The van der Waals surface area contributed by atoms with E-state index in [1.807, 2.05) is 36.4 Å². The van der Waals surface area contributed by atoms with E-state index in [-0.39, 0.29) is 0 Å². The van der Waals surface area contributed by atoms with E-state index in [4.69, 9.17) is 4.74 Å². The van der Waals surface area contributed by atoms with Gasteiger partial charge < -0.3 is 4.74 Å². The molecule has 2 rings (SSSR count). The number of rotatable bonds is 8. The standard InChI is InChI=1S/C20H22O/c1-3-5-12-18-13-14-20(15-19(18)9-4-2)21-16-17-10-7-6-8-11-17/h3-4,6-8,10-11,13-15H,1-2,5,9,12,16H2. The van der Waals surface area contributed by atoms with E-state index in [9.17, 15) is 0 Å². The topological polar surface area (TPSA) is 9.23 Å². The second-order valence-corrected chi connectivity index (χ2v) is 5.02. The molecule has 0 aliphatic heterocycles. The number of ether oxygens (including phenoxy) is 1. The second kappa shape index (κ2) is 8.11. The maximum absolute atomic E-state index is 5.88. The van der Waals surface area contributed by atoms with E-state index >= 15 is 0 Å². The summed E-state index contributed by atoms with van der Waals surface area (Å²) in [4.78, 5) is 0. The van der Waals surface area contributed by atoms with Crippen molar-refractivity contribution >= 4 is 0 Å². The minimum absolute atomic E-state index is 0.598. The summed E-state index contributed by atoms with van der Waals surface area (Å²) >= 11 is 0. The first kappa shape index (κ1) is 15.1. The Labute approximate surface area is 127 Å². The summed E-state index contributed by atoms with van der Waals surface area (Å²) in [5.41, 5.74) is 3.82. The monoisotopic (exact) mass is 278 g/mol. The van der Waals surface area contributed by atoms with Crippen molar-refractivity contribution in [2.45, 2.75) is 25.9 Å². The smallest absolute Gasteiger partial charge is 0.120 e. The third-order valence-corrected chi connectivity index (χ3v) is 3.41. The molecule has 0 aliphatic carbocycles. The lowest BCUT2D eigenvalue weighted by Crippen LogP contribution is -1.98. The molecule has 0 saturated carbocycles. The van der Waals surface area contributed by atoms with Gasteiger partial charge in [0, 0.05) is 0 Å². The highest BCUT2D eigenvalue weighted by Crippen LogP contribution is 2.21. The van der Waals surface area contributed by atoms with Crippen molar-refractivity contribution < 1.29 is 4.74 Å². The maximum Gasteiger partial charge on any atom is 0.120 e. The van der Waals surface area contributed by atoms with Gasteiger partial charge in [-0.2, -0.15) is 0 Å². The van der Waals surface area contributed by atoms with Crippen molar-refractivity contribution in [1.29, 1.82) is 0 Å². The van der Waals surface area contributed by atoms with Gasteiger partial charge in [0.15, 0.2) is 0 Å². The molecule has 0 fully saturated rings. The molecule has 0 bridgehead atoms. The van der Waals surface area contributed by atoms with E-state index in [2.05, 4.69) is 37.4 Å². The first-order valence-corrected chi connectivity index (χ1v) is 7.34. The van der Waals surface area contributed by atoms with Crippen molar-refractivity contribution in [3.8, 4) is 5.75 Å². The molecule has 0 aliphatic rings. The van der Waals surface area contributed by atoms with Crippen LogP contribution in [0.4, 0.5) is 0 Å². The molecule has 2 aromatic carbocycles. The average molecular weight is 278 g/mol. The SMILES string of the molecule is C=CCCc1ccc(OCc2ccccc2)cc1CC=C. The number of allylic oxidation sites excluding steroid dienone is 2. The van der Waals surface area contributed by atoms with E-state index < -0.39 is 0 Å². The quantitative estimate of drug-likeness (QED) is 0.609. The predicted molar refractivity (Wildman–Crippen MR) is 89.6 cm³/mol. The summed E-state index contributed by atoms with van der Waals surface area (Å²) in [5.74, 6) is 0.915. The summed E-state index contributed by atoms with van der Waals surface area (Å²) in [6, 6.07) is 16.5. The molecule has 0 spiro atoms. The summed E-state index contributed by atoms with van der Waals surface area (Å²) in [6.07, 6.45) is 6.78. The Kier molecular flexibility index (Phi) is 5.83. The summed E-state index contributed by atoms with van der Waals surface area (Å²) in [5, 5.41) is 0. The molecule has 0 heterocycles. The van der Waals surface area contributed by atoms with Crippen LogP contribution < -0.4 is 4.74 Å². The zero-order valence-electron chi connectivity index (χ0n) is 12.4. The molecule has 0 amide bonds. The van der Waals surface area contributed by atoms with Gasteiger partial charge in [0.05, 0.1) is 0 Å². The highest BCUT2D eigenvalue weighted by atomic mass is 16.5. The van der Waals surface area contributed by atoms with Gasteiger partial charge in [-0.25, -0.2) is 0 Å². The Morgan fingerprint density at radius 1 is 0.905 bits per heavy atom. The van der Waals surface area contributed by atoms with Crippen molar-refractivity contribution in [2.24, 2.45) is 0 Å². The van der Waals surface area contributed by atoms with E-state index in [1.165, 1.54) is 16.7 Å². The predicted octanol–water partition coefficient (Wildman–Crippen LogP) is 5.11. The first-order chi connectivity index (χ1) is 10.3. The lowest BCUT2D eigenvalue weighted by atomic mass is 10.00. The largest absolute Gasteiger partial charge is 0.489 e. The zero-order valence-corrected chi connectivity index (χ0v) is 12.4. The van der Waals surface area contributed by atoms with E-state index in [0.29, 0.717) is 6.61 Å². The molecule has 0 saturated heterocycles. The van der Waals surface area contributed by atoms with Crippen LogP contribution in [0.15, 0.2) is 73.8 Å². The maximum atomic E-state index is 5.88. The van der Waals surface area contributed by atoms with Crippen LogP contribution in [0, 0.1) is 0 Å². The van der Waals surface area contributed by atoms with Crippen LogP contribution in [-0.4, -0.2) is 0 Å². The van der Waals surface area contributed by atoms with Crippen LogP contribution >= 0.6 is 0 Å². The molecule has 2 aromatic rings. The van der Waals surface area contributed by atoms with Crippen molar-refractivity contribution in [3.63, 3.8) is 0 Å². The van der Waals surface area contributed by atoms with Gasteiger partial charge in [0.2, 0.25) is 0 Å². The second-order valence-electron chi connectivity index (χ2n) is 5.02. The fraction of sp³-hybridized carbons (Fsp3) is 0.200. The van der Waals surface area contributed by atoms with Gasteiger partial charge in [-0.05, 0) is 48.1 Å². The average Bonchev–Trinajstić information content (AvgIpc) is 2.53. The molecular weight excluding hydrogens is 256 g/mol. The van der Waals surface area contributed by atoms with Crippen LogP contribution in [0.25, 0.3) is 0 Å². The zero-order chi connectivity index (χ0) is 14.9. The summed E-state index contributed by atoms with van der Waals surface area (Å²) in [7, 11) is 0. The molecule has 108 valence electrons. The number of aryl methyl sites for hydroxylation is 1. The molecule has 21 heavy (non-hydrogen) atoms. The Morgan fingerprint density at radius 3 is 2.43 bits per heavy atom. The van der Waals surface area contributed by atoms with Crippen molar-refractivity contribution in [1.82, 2.24) is 0 Å². The van der Waals surface area contributed by atoms with Gasteiger partial charge in [-0.1, -0.05) is 48.6 Å². The lowest BCUT2D eigenvalue weighted by molar-refractivity contribution is 0.306. The Bertz CT molecular complexity index is 584. The van der Waals surface area contributed by atoms with Gasteiger partial charge in [-0.15, -0.1) is 13.2 Å². The molecule has 1 nitrogen and oxygen atoms in total. The molecule has 0 radical (unpaired) electrons. The molecule has 0 unspecified atom stereocenters. The van der Waals surface area contributed by atoms with Gasteiger partial charge in [0.1, 0.15) is 12.4 Å². The number of benzene rings is 2. The lowest BCUT2D eigenvalue weighted by Gasteiger charge is -2.11. The van der Waals surface area contributed by atoms with Gasteiger partial charge >= 0.3 is 0 Å². The Balaban J connectivity index is 2.07. The van der Waals surface area contributed by atoms with Crippen LogP contribution in [-0.2, 0) is 19.4 Å². The van der Waals surface area contributed by atoms with Crippen molar-refractivity contribution in [3.05, 3.63) is 90.5 Å². The Hall–Kier alpha value is -2.28. The van der Waals surface area contributed by atoms with Crippen molar-refractivity contribution in [2.75, 3.05) is 0 Å². The highest BCUT2D eigenvalue weighted by Gasteiger charge is 2.04. The van der Waals surface area contributed by atoms with Gasteiger partial charge in [-0.3, -0.25) is 0 Å². The van der Waals surface area contributed by atoms with Crippen LogP contribution in [0.2, 0.25) is 0 Å². The number of hydrogen-bond acceptors (Lipinski definition) is 1. The minimum atomic E-state index is 0.598. The normalized spacial score (nSPS) is 10.1. The summed E-state index contributed by atoms with van der Waals surface area (Å²) in [6.45, 7) is 8.22. The minimum Gasteiger partial charge on any atom is -0.489 e. The highest BCUT2D eigenvalue weighted by molar-refractivity contribution is 5.37. The molecule has 0 aromatic heterocycles. The van der Waals surface area contributed by atoms with E-state index in [1.54, 1.807) is 0 Å². The fourth-order valence-electron chi connectivity index (χ4n) is 2.28. The van der Waals surface area contributed by atoms with Crippen LogP contribution in [0.5, 0.6) is 5.75 Å². The van der Waals surface area contributed by atoms with Gasteiger partial charge in [0.25, 0.3) is 0 Å². The van der Waals surface area contributed by atoms with Crippen LogP contribution in [0.1, 0.15) is 23.1 Å². The third-order valence-electron chi connectivity index (χ3n) is 3.41. The Morgan fingerprint density at radius 2 is 1.71 bits per heavy atom. The van der Waals surface area contributed by atoms with Crippen LogP contribution in [0.3, 0.4) is 0 Å². The molecule has 1 heteroatoms. The third kappa shape index (κ3) is 4.64. The molecule has 0 atom stereocenters. The first-order valence-electron chi connectivity index (χ1n) is 7.34.